The van der Waals surface area contributed by atoms with E-state index in [1.807, 2.05) is 30.5 Å². The van der Waals surface area contributed by atoms with Crippen molar-refractivity contribution in [2.45, 2.75) is 108 Å². The highest BCUT2D eigenvalue weighted by molar-refractivity contribution is 5.97. The Morgan fingerprint density at radius 3 is 2.23 bits per heavy atom. The minimum absolute atomic E-state index is 0.0399. The second-order valence-corrected chi connectivity index (χ2v) is 15.5. The lowest BCUT2D eigenvalue weighted by Crippen LogP contribution is -2.70. The summed E-state index contributed by atoms with van der Waals surface area (Å²) in [5, 5.41) is 43.9. The van der Waals surface area contributed by atoms with Crippen molar-refractivity contribution in [3.8, 4) is 0 Å². The molecule has 0 spiro atoms. The molecule has 4 rings (SSSR count). The SMILES string of the molecule is CC[C@H](C)[C@H](NC(=O)[C@H](CCCCNC(=O)c1ccc(F)cc1)NC(=O)[C@H](CO)NC(=O)[C@@H](NC(=O)[C@@H]1CCCN1C(=O)[C@@H]([NH3+])Cc1c[nH]c2ccccc12)[C@@H](C)O)C(=O)O. The predicted molar refractivity (Wildman–Crippen MR) is 220 cm³/mol. The number of carboxylic acids is 1. The van der Waals surface area contributed by atoms with Gasteiger partial charge in [-0.05, 0) is 80.8 Å². The molecule has 61 heavy (non-hydrogen) atoms. The number of hydrogen-bond donors (Lipinski definition) is 10. The number of fused-ring (bicyclic) bond motifs is 1. The van der Waals surface area contributed by atoms with Crippen LogP contribution in [0, 0.1) is 11.7 Å². The standard InChI is InChI=1S/C42H57FN8O10/c1-4-23(2)34(42(60)61)49-37(55)31(12-7-8-18-45-36(54)25-14-16-27(43)17-15-25)47-38(56)32(22-52)48-40(58)35(24(3)53)50-39(57)33-13-9-19-51(33)41(59)29(44)20-26-21-46-30-11-6-5-10-28(26)30/h5-6,10-11,14-17,21,23-24,29,31-35,46,52-53H,4,7-9,12-13,18-20,22,44H2,1-3H3,(H,45,54)(H,47,56)(H,48,58)(H,49,55)(H,50,57)(H,60,61)/p+1/t23-,24+,29-,31-,32-,33-,34-,35-/m0/s1. The second kappa shape index (κ2) is 22.6. The average molecular weight is 854 g/mol. The molecular formula is C42H58FN8O10+. The zero-order chi connectivity index (χ0) is 44.8. The summed E-state index contributed by atoms with van der Waals surface area (Å²) in [5.41, 5.74) is 6.11. The highest BCUT2D eigenvalue weighted by Crippen LogP contribution is 2.22. The number of aromatic nitrogens is 1. The molecule has 0 saturated carbocycles. The summed E-state index contributed by atoms with van der Waals surface area (Å²) in [4.78, 5) is 96.7. The third-order valence-corrected chi connectivity index (χ3v) is 10.9. The lowest BCUT2D eigenvalue weighted by atomic mass is 9.98. The van der Waals surface area contributed by atoms with E-state index in [2.05, 4.69) is 37.3 Å². The van der Waals surface area contributed by atoms with Gasteiger partial charge in [-0.15, -0.1) is 0 Å². The monoisotopic (exact) mass is 853 g/mol. The topological polar surface area (TPSA) is 287 Å². The van der Waals surface area contributed by atoms with Crippen molar-refractivity contribution in [3.05, 3.63) is 71.7 Å². The molecule has 12 N–H and O–H groups in total. The number of quaternary nitrogens is 1. The van der Waals surface area contributed by atoms with Gasteiger partial charge in [-0.1, -0.05) is 38.5 Å². The van der Waals surface area contributed by atoms with E-state index in [0.717, 1.165) is 28.6 Å². The molecule has 0 bridgehead atoms. The zero-order valence-corrected chi connectivity index (χ0v) is 34.6. The van der Waals surface area contributed by atoms with Crippen LogP contribution in [-0.2, 0) is 35.2 Å². The lowest BCUT2D eigenvalue weighted by Gasteiger charge is -2.29. The Bertz CT molecular complexity index is 2010. The fraction of sp³-hybridized carbons (Fsp3) is 0.500. The molecule has 0 aliphatic carbocycles. The molecule has 1 fully saturated rings. The van der Waals surface area contributed by atoms with Gasteiger partial charge in [-0.2, -0.15) is 0 Å². The number of likely N-dealkylation sites (tertiary alicyclic amines) is 1. The quantitative estimate of drug-likeness (QED) is 0.0578. The van der Waals surface area contributed by atoms with Gasteiger partial charge in [-0.25, -0.2) is 9.18 Å². The van der Waals surface area contributed by atoms with Gasteiger partial charge in [0.1, 0.15) is 36.0 Å². The Kier molecular flexibility index (Phi) is 17.7. The van der Waals surface area contributed by atoms with Crippen molar-refractivity contribution in [3.63, 3.8) is 0 Å². The highest BCUT2D eigenvalue weighted by Gasteiger charge is 2.40. The van der Waals surface area contributed by atoms with E-state index in [0.29, 0.717) is 25.7 Å². The predicted octanol–water partition coefficient (Wildman–Crippen LogP) is -0.506. The number of unbranched alkanes of at least 4 members (excludes halogenated alkanes) is 1. The molecule has 1 aromatic heterocycles. The lowest BCUT2D eigenvalue weighted by molar-refractivity contribution is -0.405. The first-order valence-electron chi connectivity index (χ1n) is 20.5. The van der Waals surface area contributed by atoms with Crippen LogP contribution in [0.15, 0.2) is 54.7 Å². The molecule has 18 nitrogen and oxygen atoms in total. The van der Waals surface area contributed by atoms with E-state index in [9.17, 15) is 53.3 Å². The van der Waals surface area contributed by atoms with E-state index < -0.39 is 96.2 Å². The highest BCUT2D eigenvalue weighted by atomic mass is 19.1. The minimum atomic E-state index is -1.68. The molecule has 2 aromatic carbocycles. The first kappa shape index (κ1) is 47.8. The van der Waals surface area contributed by atoms with Crippen LogP contribution in [0.25, 0.3) is 10.9 Å². The number of amides is 6. The molecule has 2 heterocycles. The fourth-order valence-corrected chi connectivity index (χ4v) is 7.16. The molecule has 6 amide bonds. The van der Waals surface area contributed by atoms with E-state index >= 15 is 0 Å². The number of aliphatic hydroxyl groups excluding tert-OH is 2. The number of carboxylic acid groups (broad SMARTS) is 1. The number of aliphatic hydroxyl groups is 2. The van der Waals surface area contributed by atoms with Gasteiger partial charge in [-0.3, -0.25) is 28.8 Å². The Balaban J connectivity index is 1.38. The number of halogens is 1. The molecule has 3 aromatic rings. The summed E-state index contributed by atoms with van der Waals surface area (Å²) in [6, 6.07) is 4.95. The smallest absolute Gasteiger partial charge is 0.326 e. The average Bonchev–Trinajstić information content (AvgIpc) is 3.90. The molecular weight excluding hydrogens is 796 g/mol. The van der Waals surface area contributed by atoms with Crippen molar-refractivity contribution in [1.29, 1.82) is 0 Å². The van der Waals surface area contributed by atoms with Crippen LogP contribution in [0.1, 0.15) is 75.2 Å². The van der Waals surface area contributed by atoms with Crippen molar-refractivity contribution >= 4 is 52.3 Å². The van der Waals surface area contributed by atoms with Gasteiger partial charge in [0, 0.05) is 42.2 Å². The molecule has 332 valence electrons. The Morgan fingerprint density at radius 2 is 1.57 bits per heavy atom. The van der Waals surface area contributed by atoms with E-state index in [-0.39, 0.29) is 43.8 Å². The van der Waals surface area contributed by atoms with Gasteiger partial charge in [0.25, 0.3) is 11.8 Å². The van der Waals surface area contributed by atoms with Crippen molar-refractivity contribution in [1.82, 2.24) is 36.5 Å². The number of benzene rings is 2. The first-order valence-corrected chi connectivity index (χ1v) is 20.5. The maximum Gasteiger partial charge on any atom is 0.326 e. The van der Waals surface area contributed by atoms with Crippen LogP contribution in [0.5, 0.6) is 0 Å². The summed E-state index contributed by atoms with van der Waals surface area (Å²) < 4.78 is 13.2. The summed E-state index contributed by atoms with van der Waals surface area (Å²) in [6.07, 6.45) is 2.37. The fourth-order valence-electron chi connectivity index (χ4n) is 7.16. The van der Waals surface area contributed by atoms with Crippen LogP contribution in [0.3, 0.4) is 0 Å². The molecule has 1 aliphatic rings. The van der Waals surface area contributed by atoms with Crippen LogP contribution >= 0.6 is 0 Å². The largest absolute Gasteiger partial charge is 0.480 e. The molecule has 0 radical (unpaired) electrons. The van der Waals surface area contributed by atoms with Gasteiger partial charge >= 0.3 is 5.97 Å². The zero-order valence-electron chi connectivity index (χ0n) is 34.6. The number of nitrogens with one attached hydrogen (secondary N) is 6. The number of nitrogens with zero attached hydrogens (tertiary/aromatic N) is 1. The molecule has 1 aliphatic heterocycles. The number of hydrogen-bond acceptors (Lipinski definition) is 9. The maximum absolute atomic E-state index is 13.6. The number of H-pyrrole nitrogens is 1. The van der Waals surface area contributed by atoms with E-state index in [1.165, 1.54) is 24.0 Å². The Labute approximate surface area is 352 Å². The van der Waals surface area contributed by atoms with Gasteiger partial charge in [0.15, 0.2) is 6.04 Å². The number of rotatable bonds is 22. The number of para-hydroxylation sites is 1. The summed E-state index contributed by atoms with van der Waals surface area (Å²) in [5.74, 6) is -6.68. The molecule has 19 heteroatoms. The summed E-state index contributed by atoms with van der Waals surface area (Å²) in [6.45, 7) is 4.09. The van der Waals surface area contributed by atoms with Crippen LogP contribution in [-0.4, -0.2) is 129 Å². The van der Waals surface area contributed by atoms with E-state index in [4.69, 9.17) is 0 Å². The summed E-state index contributed by atoms with van der Waals surface area (Å²) >= 11 is 0. The van der Waals surface area contributed by atoms with Crippen molar-refractivity contribution < 1.29 is 59.0 Å². The van der Waals surface area contributed by atoms with E-state index in [1.54, 1.807) is 13.8 Å². The Morgan fingerprint density at radius 1 is 0.902 bits per heavy atom. The van der Waals surface area contributed by atoms with Crippen LogP contribution in [0.4, 0.5) is 4.39 Å². The maximum atomic E-state index is 13.6. The van der Waals surface area contributed by atoms with Crippen molar-refractivity contribution in [2.24, 2.45) is 5.92 Å². The Hall–Kier alpha value is -5.92. The van der Waals surface area contributed by atoms with Crippen LogP contribution in [0.2, 0.25) is 0 Å². The number of aromatic amines is 1. The molecule has 8 atom stereocenters. The molecule has 0 unspecified atom stereocenters. The number of carbonyl (C=O) groups is 7. The van der Waals surface area contributed by atoms with Gasteiger partial charge < -0.3 is 57.5 Å². The number of aliphatic carboxylic acids is 1. The first-order chi connectivity index (χ1) is 29.1. The van der Waals surface area contributed by atoms with Crippen LogP contribution < -0.4 is 32.3 Å². The van der Waals surface area contributed by atoms with Gasteiger partial charge in [0.2, 0.25) is 23.6 Å². The normalized spacial score (nSPS) is 17.2. The summed E-state index contributed by atoms with van der Waals surface area (Å²) in [7, 11) is 0. The molecule has 1 saturated heterocycles. The minimum Gasteiger partial charge on any atom is -0.480 e. The van der Waals surface area contributed by atoms with Crippen molar-refractivity contribution in [2.75, 3.05) is 19.7 Å². The second-order valence-electron chi connectivity index (χ2n) is 15.5. The van der Waals surface area contributed by atoms with Gasteiger partial charge in [0.05, 0.1) is 12.7 Å². The third kappa shape index (κ3) is 13.0. The number of carbonyl (C=O) groups excluding carboxylic acids is 6. The third-order valence-electron chi connectivity index (χ3n) is 10.9.